The van der Waals surface area contributed by atoms with E-state index in [-0.39, 0.29) is 11.3 Å². The SMILES string of the molecule is CC(C)(C)C1CCC(=O)N(Cc2ccc(Cl)nc2Cl)CC1. The van der Waals surface area contributed by atoms with E-state index in [1.807, 2.05) is 11.0 Å². The van der Waals surface area contributed by atoms with E-state index in [1.165, 1.54) is 0 Å². The topological polar surface area (TPSA) is 33.2 Å². The molecule has 116 valence electrons. The van der Waals surface area contributed by atoms with E-state index in [2.05, 4.69) is 25.8 Å². The summed E-state index contributed by atoms with van der Waals surface area (Å²) in [6.45, 7) is 8.03. The molecule has 0 spiro atoms. The maximum Gasteiger partial charge on any atom is 0.222 e. The molecule has 3 nitrogen and oxygen atoms in total. The largest absolute Gasteiger partial charge is 0.338 e. The van der Waals surface area contributed by atoms with Gasteiger partial charge in [0.05, 0.1) is 0 Å². The number of hydrogen-bond acceptors (Lipinski definition) is 2. The lowest BCUT2D eigenvalue weighted by Gasteiger charge is -2.29. The fourth-order valence-electron chi connectivity index (χ4n) is 2.83. The van der Waals surface area contributed by atoms with Crippen LogP contribution < -0.4 is 0 Å². The van der Waals surface area contributed by atoms with E-state index in [9.17, 15) is 4.79 Å². The standard InChI is InChI=1S/C16H22Cl2N2O/c1-16(2,3)12-5-7-14(21)20(9-8-12)10-11-4-6-13(17)19-15(11)18/h4,6,12H,5,7-10H2,1-3H3. The molecule has 0 radical (unpaired) electrons. The van der Waals surface area contributed by atoms with Crippen LogP contribution in [0.2, 0.25) is 10.3 Å². The van der Waals surface area contributed by atoms with Crippen LogP contribution in [0.15, 0.2) is 12.1 Å². The lowest BCUT2D eigenvalue weighted by molar-refractivity contribution is -0.131. The fourth-order valence-corrected chi connectivity index (χ4v) is 3.24. The molecule has 2 heterocycles. The van der Waals surface area contributed by atoms with Gasteiger partial charge in [-0.05, 0) is 30.2 Å². The number of hydrogen-bond donors (Lipinski definition) is 0. The highest BCUT2D eigenvalue weighted by molar-refractivity contribution is 6.32. The maximum atomic E-state index is 12.3. The first-order chi connectivity index (χ1) is 9.77. The van der Waals surface area contributed by atoms with Crippen molar-refractivity contribution in [2.75, 3.05) is 6.54 Å². The van der Waals surface area contributed by atoms with E-state index >= 15 is 0 Å². The molecule has 0 bridgehead atoms. The van der Waals surface area contributed by atoms with Crippen molar-refractivity contribution in [3.8, 4) is 0 Å². The Kier molecular flexibility index (Phi) is 5.15. The third-order valence-electron chi connectivity index (χ3n) is 4.28. The van der Waals surface area contributed by atoms with Gasteiger partial charge < -0.3 is 4.90 Å². The van der Waals surface area contributed by atoms with Crippen molar-refractivity contribution in [1.82, 2.24) is 9.88 Å². The van der Waals surface area contributed by atoms with Crippen molar-refractivity contribution >= 4 is 29.1 Å². The Morgan fingerprint density at radius 1 is 1.29 bits per heavy atom. The van der Waals surface area contributed by atoms with Gasteiger partial charge in [0.15, 0.2) is 0 Å². The van der Waals surface area contributed by atoms with Gasteiger partial charge in [-0.1, -0.05) is 50.0 Å². The van der Waals surface area contributed by atoms with Gasteiger partial charge in [0, 0.05) is 25.1 Å². The Hall–Kier alpha value is -0.800. The highest BCUT2D eigenvalue weighted by Crippen LogP contribution is 2.35. The van der Waals surface area contributed by atoms with E-state index in [1.54, 1.807) is 6.07 Å². The molecule has 1 aliphatic rings. The third-order valence-corrected chi connectivity index (χ3v) is 4.82. The average Bonchev–Trinajstić information content (AvgIpc) is 2.55. The van der Waals surface area contributed by atoms with Gasteiger partial charge in [-0.15, -0.1) is 0 Å². The maximum absolute atomic E-state index is 12.3. The van der Waals surface area contributed by atoms with E-state index in [0.717, 1.165) is 24.9 Å². The number of likely N-dealkylation sites (tertiary alicyclic amines) is 1. The summed E-state index contributed by atoms with van der Waals surface area (Å²) in [5, 5.41) is 0.755. The zero-order chi connectivity index (χ0) is 15.6. The molecule has 21 heavy (non-hydrogen) atoms. The van der Waals surface area contributed by atoms with Crippen molar-refractivity contribution in [3.05, 3.63) is 28.0 Å². The Bertz CT molecular complexity index is 525. The molecule has 2 rings (SSSR count). The van der Waals surface area contributed by atoms with Crippen LogP contribution in [0.3, 0.4) is 0 Å². The molecule has 0 aliphatic carbocycles. The van der Waals surface area contributed by atoms with Crippen LogP contribution >= 0.6 is 23.2 Å². The Balaban J connectivity index is 2.08. The third kappa shape index (κ3) is 4.33. The molecule has 5 heteroatoms. The molecule has 0 N–H and O–H groups in total. The molecule has 1 aliphatic heterocycles. The van der Waals surface area contributed by atoms with Crippen LogP contribution in [0.4, 0.5) is 0 Å². The van der Waals surface area contributed by atoms with Crippen LogP contribution in [-0.2, 0) is 11.3 Å². The molecule has 1 aromatic heterocycles. The van der Waals surface area contributed by atoms with Gasteiger partial charge in [0.1, 0.15) is 10.3 Å². The molecular weight excluding hydrogens is 307 g/mol. The van der Waals surface area contributed by atoms with Crippen LogP contribution in [0, 0.1) is 11.3 Å². The summed E-state index contributed by atoms with van der Waals surface area (Å²) >= 11 is 11.9. The summed E-state index contributed by atoms with van der Waals surface area (Å²) in [7, 11) is 0. The minimum Gasteiger partial charge on any atom is -0.338 e. The molecule has 1 fully saturated rings. The Morgan fingerprint density at radius 2 is 2.00 bits per heavy atom. The normalized spacial score (nSPS) is 20.5. The highest BCUT2D eigenvalue weighted by atomic mass is 35.5. The zero-order valence-electron chi connectivity index (χ0n) is 12.8. The summed E-state index contributed by atoms with van der Waals surface area (Å²) in [5.74, 6) is 0.776. The number of aromatic nitrogens is 1. The number of rotatable bonds is 2. The molecule has 1 unspecified atom stereocenters. The smallest absolute Gasteiger partial charge is 0.222 e. The van der Waals surface area contributed by atoms with Crippen molar-refractivity contribution < 1.29 is 4.79 Å². The number of nitrogens with zero attached hydrogens (tertiary/aromatic N) is 2. The van der Waals surface area contributed by atoms with Crippen LogP contribution in [0.1, 0.15) is 45.6 Å². The fraction of sp³-hybridized carbons (Fsp3) is 0.625. The second-order valence-electron chi connectivity index (χ2n) is 6.79. The molecule has 1 aromatic rings. The summed E-state index contributed by atoms with van der Waals surface area (Å²) < 4.78 is 0. The van der Waals surface area contributed by atoms with Crippen LogP contribution in [0.25, 0.3) is 0 Å². The monoisotopic (exact) mass is 328 g/mol. The van der Waals surface area contributed by atoms with Gasteiger partial charge in [0.2, 0.25) is 5.91 Å². The summed E-state index contributed by atoms with van der Waals surface area (Å²) in [5.41, 5.74) is 1.10. The quantitative estimate of drug-likeness (QED) is 0.745. The van der Waals surface area contributed by atoms with Crippen molar-refractivity contribution in [2.24, 2.45) is 11.3 Å². The lowest BCUT2D eigenvalue weighted by atomic mass is 9.77. The van der Waals surface area contributed by atoms with Crippen molar-refractivity contribution in [3.63, 3.8) is 0 Å². The highest BCUT2D eigenvalue weighted by Gasteiger charge is 2.30. The first-order valence-electron chi connectivity index (χ1n) is 7.36. The molecule has 0 aromatic carbocycles. The number of carbonyl (C=O) groups excluding carboxylic acids is 1. The van der Waals surface area contributed by atoms with Gasteiger partial charge in [-0.25, -0.2) is 4.98 Å². The van der Waals surface area contributed by atoms with Gasteiger partial charge in [0.25, 0.3) is 0 Å². The van der Waals surface area contributed by atoms with Crippen LogP contribution in [-0.4, -0.2) is 22.3 Å². The lowest BCUT2D eigenvalue weighted by Crippen LogP contribution is -2.30. The molecule has 0 saturated carbocycles. The predicted octanol–water partition coefficient (Wildman–Crippen LogP) is 4.56. The average molecular weight is 329 g/mol. The van der Waals surface area contributed by atoms with Crippen LogP contribution in [0.5, 0.6) is 0 Å². The van der Waals surface area contributed by atoms with Gasteiger partial charge >= 0.3 is 0 Å². The second kappa shape index (κ2) is 6.53. The molecule has 1 saturated heterocycles. The number of amides is 1. The van der Waals surface area contributed by atoms with Gasteiger partial charge in [-0.2, -0.15) is 0 Å². The van der Waals surface area contributed by atoms with Crippen molar-refractivity contribution in [2.45, 2.75) is 46.6 Å². The van der Waals surface area contributed by atoms with E-state index in [4.69, 9.17) is 23.2 Å². The zero-order valence-corrected chi connectivity index (χ0v) is 14.3. The minimum absolute atomic E-state index is 0.202. The summed E-state index contributed by atoms with van der Waals surface area (Å²) in [6.07, 6.45) is 2.61. The van der Waals surface area contributed by atoms with E-state index < -0.39 is 0 Å². The second-order valence-corrected chi connectivity index (χ2v) is 7.53. The number of pyridine rings is 1. The number of halogens is 2. The number of carbonyl (C=O) groups is 1. The molecule has 1 amide bonds. The molecular formula is C16H22Cl2N2O. The first-order valence-corrected chi connectivity index (χ1v) is 8.11. The summed E-state index contributed by atoms with van der Waals surface area (Å²) in [6, 6.07) is 3.56. The minimum atomic E-state index is 0.202. The summed E-state index contributed by atoms with van der Waals surface area (Å²) in [4.78, 5) is 18.2. The van der Waals surface area contributed by atoms with Crippen molar-refractivity contribution in [1.29, 1.82) is 0 Å². The first kappa shape index (κ1) is 16.6. The Morgan fingerprint density at radius 3 is 2.62 bits per heavy atom. The molecule has 1 atom stereocenters. The Labute approximate surface area is 136 Å². The van der Waals surface area contributed by atoms with Gasteiger partial charge in [-0.3, -0.25) is 4.79 Å². The predicted molar refractivity (Wildman–Crippen MR) is 86.5 cm³/mol. The van der Waals surface area contributed by atoms with E-state index in [0.29, 0.717) is 29.2 Å².